The first kappa shape index (κ1) is 19.0. The van der Waals surface area contributed by atoms with Crippen LogP contribution in [0.15, 0.2) is 96.7 Å². The molecule has 4 rings (SSSR count). The summed E-state index contributed by atoms with van der Waals surface area (Å²) in [6.45, 7) is 4.30. The van der Waals surface area contributed by atoms with Crippen LogP contribution in [-0.2, 0) is 0 Å². The zero-order valence-electron chi connectivity index (χ0n) is 16.7. The Morgan fingerprint density at radius 2 is 1.41 bits per heavy atom. The normalized spacial score (nSPS) is 22.3. The second-order valence-electron chi connectivity index (χ2n) is 7.58. The number of hydrogen-bond acceptors (Lipinski definition) is 2. The standard InChI is InChI=1S/C26H25FN2/c1-18-15-23(17-26(28)24-14-13-20(27)16-25(24)19(18)2)29(21-9-5-3-6-10-21)22-11-7-4-8-12-22/h3-19H,28H2,1-2H3/b23-15+,26-17-. The lowest BCUT2D eigenvalue weighted by Crippen LogP contribution is -2.20. The van der Waals surface area contributed by atoms with E-state index < -0.39 is 0 Å². The Morgan fingerprint density at radius 1 is 0.828 bits per heavy atom. The monoisotopic (exact) mass is 384 g/mol. The number of fused-ring (bicyclic) bond motifs is 1. The van der Waals surface area contributed by atoms with E-state index in [1.807, 2.05) is 42.5 Å². The molecule has 0 saturated heterocycles. The lowest BCUT2D eigenvalue weighted by Gasteiger charge is -2.31. The fourth-order valence-corrected chi connectivity index (χ4v) is 3.90. The van der Waals surface area contributed by atoms with Crippen LogP contribution in [0.4, 0.5) is 15.8 Å². The van der Waals surface area contributed by atoms with Crippen molar-refractivity contribution in [1.29, 1.82) is 0 Å². The van der Waals surface area contributed by atoms with Gasteiger partial charge in [0.15, 0.2) is 0 Å². The van der Waals surface area contributed by atoms with E-state index in [4.69, 9.17) is 5.73 Å². The Morgan fingerprint density at radius 3 is 2.00 bits per heavy atom. The molecule has 0 bridgehead atoms. The van der Waals surface area contributed by atoms with Crippen molar-refractivity contribution < 1.29 is 4.39 Å². The molecule has 0 aromatic heterocycles. The lowest BCUT2D eigenvalue weighted by atomic mass is 9.83. The molecule has 3 aromatic rings. The van der Waals surface area contributed by atoms with Crippen LogP contribution < -0.4 is 10.6 Å². The second-order valence-corrected chi connectivity index (χ2v) is 7.58. The van der Waals surface area contributed by atoms with Crippen LogP contribution >= 0.6 is 0 Å². The van der Waals surface area contributed by atoms with Gasteiger partial charge < -0.3 is 10.6 Å². The van der Waals surface area contributed by atoms with E-state index in [1.165, 1.54) is 6.07 Å². The quantitative estimate of drug-likeness (QED) is 0.551. The molecule has 0 aliphatic heterocycles. The molecule has 0 spiro atoms. The van der Waals surface area contributed by atoms with Crippen LogP contribution in [0.1, 0.15) is 30.9 Å². The molecule has 1 aliphatic carbocycles. The molecule has 0 heterocycles. The van der Waals surface area contributed by atoms with Crippen molar-refractivity contribution in [2.75, 3.05) is 4.90 Å². The van der Waals surface area contributed by atoms with Crippen molar-refractivity contribution in [3.63, 3.8) is 0 Å². The molecule has 0 radical (unpaired) electrons. The van der Waals surface area contributed by atoms with E-state index in [0.717, 1.165) is 28.2 Å². The van der Waals surface area contributed by atoms with Crippen molar-refractivity contribution in [1.82, 2.24) is 0 Å². The molecule has 3 aromatic carbocycles. The average Bonchev–Trinajstić information content (AvgIpc) is 2.74. The van der Waals surface area contributed by atoms with Crippen LogP contribution in [0.3, 0.4) is 0 Å². The second kappa shape index (κ2) is 7.96. The number of halogens is 1. The third kappa shape index (κ3) is 3.81. The first-order valence-corrected chi connectivity index (χ1v) is 9.93. The van der Waals surface area contributed by atoms with Crippen LogP contribution in [0.5, 0.6) is 0 Å². The highest BCUT2D eigenvalue weighted by Gasteiger charge is 2.23. The Kier molecular flexibility index (Phi) is 5.22. The molecule has 1 aliphatic rings. The van der Waals surface area contributed by atoms with Crippen molar-refractivity contribution in [2.45, 2.75) is 19.8 Å². The van der Waals surface area contributed by atoms with Crippen molar-refractivity contribution >= 4 is 17.1 Å². The SMILES string of the molecule is CC1/C=C(N(c2ccccc2)c2ccccc2)\C=C(/N)c2ccc(F)cc2C1C. The minimum Gasteiger partial charge on any atom is -0.398 e. The topological polar surface area (TPSA) is 29.3 Å². The number of rotatable bonds is 3. The summed E-state index contributed by atoms with van der Waals surface area (Å²) in [5, 5.41) is 0. The third-order valence-corrected chi connectivity index (χ3v) is 5.63. The smallest absolute Gasteiger partial charge is 0.123 e. The number of anilines is 2. The maximum Gasteiger partial charge on any atom is 0.123 e. The highest BCUT2D eigenvalue weighted by molar-refractivity contribution is 5.76. The molecule has 0 amide bonds. The summed E-state index contributed by atoms with van der Waals surface area (Å²) < 4.78 is 13.9. The van der Waals surface area contributed by atoms with Gasteiger partial charge in [-0.25, -0.2) is 4.39 Å². The molecular formula is C26H25FN2. The number of benzene rings is 3. The first-order valence-electron chi connectivity index (χ1n) is 9.93. The van der Waals surface area contributed by atoms with E-state index in [-0.39, 0.29) is 17.7 Å². The van der Waals surface area contributed by atoms with Gasteiger partial charge in [0.1, 0.15) is 5.82 Å². The van der Waals surface area contributed by atoms with Crippen LogP contribution in [-0.4, -0.2) is 0 Å². The summed E-state index contributed by atoms with van der Waals surface area (Å²) in [5.74, 6) is 0.108. The van der Waals surface area contributed by atoms with Gasteiger partial charge in [-0.15, -0.1) is 0 Å². The minimum absolute atomic E-state index is 0.136. The van der Waals surface area contributed by atoms with Gasteiger partial charge in [-0.2, -0.15) is 0 Å². The maximum atomic E-state index is 13.9. The predicted octanol–water partition coefficient (Wildman–Crippen LogP) is 6.60. The summed E-state index contributed by atoms with van der Waals surface area (Å²) in [6.07, 6.45) is 4.23. The molecule has 2 nitrogen and oxygen atoms in total. The minimum atomic E-state index is -0.226. The Bertz CT molecular complexity index is 1020. The van der Waals surface area contributed by atoms with Gasteiger partial charge in [-0.05, 0) is 65.9 Å². The Labute approximate surface area is 171 Å². The highest BCUT2D eigenvalue weighted by atomic mass is 19.1. The largest absolute Gasteiger partial charge is 0.398 e. The number of nitrogens with two attached hydrogens (primary N) is 1. The van der Waals surface area contributed by atoms with E-state index in [0.29, 0.717) is 5.70 Å². The molecule has 2 N–H and O–H groups in total. The van der Waals surface area contributed by atoms with E-state index in [9.17, 15) is 4.39 Å². The molecule has 29 heavy (non-hydrogen) atoms. The summed E-state index contributed by atoms with van der Waals surface area (Å²) >= 11 is 0. The maximum absolute atomic E-state index is 13.9. The molecule has 0 fully saturated rings. The van der Waals surface area contributed by atoms with Crippen molar-refractivity contribution in [2.24, 2.45) is 11.7 Å². The fourth-order valence-electron chi connectivity index (χ4n) is 3.90. The third-order valence-electron chi connectivity index (χ3n) is 5.63. The number of para-hydroxylation sites is 2. The molecule has 0 saturated carbocycles. The van der Waals surface area contributed by atoms with Gasteiger partial charge in [0.05, 0.1) is 0 Å². The average molecular weight is 384 g/mol. The van der Waals surface area contributed by atoms with E-state index >= 15 is 0 Å². The van der Waals surface area contributed by atoms with Crippen LogP contribution in [0, 0.1) is 11.7 Å². The van der Waals surface area contributed by atoms with Crippen LogP contribution in [0.2, 0.25) is 0 Å². The molecule has 2 unspecified atom stereocenters. The van der Waals surface area contributed by atoms with Gasteiger partial charge in [-0.1, -0.05) is 56.3 Å². The number of nitrogens with zero attached hydrogens (tertiary/aromatic N) is 1. The van der Waals surface area contributed by atoms with Crippen molar-refractivity contribution in [3.05, 3.63) is 114 Å². The number of hydrogen-bond donors (Lipinski definition) is 1. The molecule has 2 atom stereocenters. The van der Waals surface area contributed by atoms with E-state index in [2.05, 4.69) is 49.1 Å². The zero-order valence-corrected chi connectivity index (χ0v) is 16.7. The number of allylic oxidation sites excluding steroid dienone is 2. The fraction of sp³-hybridized carbons (Fsp3) is 0.154. The summed E-state index contributed by atoms with van der Waals surface area (Å²) in [6, 6.07) is 25.4. The van der Waals surface area contributed by atoms with Gasteiger partial charge in [0.2, 0.25) is 0 Å². The molecule has 3 heteroatoms. The Balaban J connectivity index is 1.90. The summed E-state index contributed by atoms with van der Waals surface area (Å²) in [4.78, 5) is 2.21. The summed E-state index contributed by atoms with van der Waals surface area (Å²) in [7, 11) is 0. The van der Waals surface area contributed by atoms with E-state index in [1.54, 1.807) is 12.1 Å². The predicted molar refractivity (Wildman–Crippen MR) is 119 cm³/mol. The summed E-state index contributed by atoms with van der Waals surface area (Å²) in [5.41, 5.74) is 12.2. The van der Waals surface area contributed by atoms with Gasteiger partial charge in [0.25, 0.3) is 0 Å². The van der Waals surface area contributed by atoms with Crippen molar-refractivity contribution in [3.8, 4) is 0 Å². The van der Waals surface area contributed by atoms with Gasteiger partial charge in [0, 0.05) is 28.3 Å². The Hall–Kier alpha value is -3.33. The van der Waals surface area contributed by atoms with Gasteiger partial charge in [-0.3, -0.25) is 0 Å². The highest BCUT2D eigenvalue weighted by Crippen LogP contribution is 2.37. The van der Waals surface area contributed by atoms with Gasteiger partial charge >= 0.3 is 0 Å². The lowest BCUT2D eigenvalue weighted by molar-refractivity contribution is 0.573. The first-order chi connectivity index (χ1) is 14.0. The molecule has 146 valence electrons. The zero-order chi connectivity index (χ0) is 20.4. The van der Waals surface area contributed by atoms with Crippen LogP contribution in [0.25, 0.3) is 5.70 Å². The molecular weight excluding hydrogens is 359 g/mol.